The Balaban J connectivity index is 1.59. The van der Waals surface area contributed by atoms with Crippen LogP contribution in [0.5, 0.6) is 5.75 Å². The summed E-state index contributed by atoms with van der Waals surface area (Å²) in [4.78, 5) is 26.0. The van der Waals surface area contributed by atoms with Gasteiger partial charge in [0.1, 0.15) is 11.8 Å². The molecule has 124 valence electrons. The lowest BCUT2D eigenvalue weighted by Gasteiger charge is -2.16. The summed E-state index contributed by atoms with van der Waals surface area (Å²) in [6.45, 7) is 0.400. The number of rotatable bonds is 6. The Labute approximate surface area is 141 Å². The van der Waals surface area contributed by atoms with E-state index in [-0.39, 0.29) is 18.2 Å². The fraction of sp³-hybridized carbons (Fsp3) is 0.263. The molecular weight excluding hydrogens is 304 g/mol. The van der Waals surface area contributed by atoms with Crippen molar-refractivity contribution >= 4 is 17.5 Å². The highest BCUT2D eigenvalue weighted by Crippen LogP contribution is 2.19. The van der Waals surface area contributed by atoms with Gasteiger partial charge in [0.2, 0.25) is 5.91 Å². The molecule has 2 aromatic rings. The Bertz CT molecular complexity index is 713. The number of carbonyl (C=O) groups excluding carboxylic acids is 2. The van der Waals surface area contributed by atoms with Gasteiger partial charge in [-0.1, -0.05) is 30.3 Å². The molecule has 1 aliphatic heterocycles. The van der Waals surface area contributed by atoms with Crippen LogP contribution in [0.2, 0.25) is 0 Å². The number of methoxy groups -OCH3 is 1. The summed E-state index contributed by atoms with van der Waals surface area (Å²) in [5.41, 5.74) is 1.91. The molecule has 1 fully saturated rings. The second-order valence-electron chi connectivity index (χ2n) is 5.75. The van der Waals surface area contributed by atoms with Crippen LogP contribution in [0, 0.1) is 0 Å². The lowest BCUT2D eigenvalue weighted by molar-refractivity contribution is -0.138. The standard InChI is InChI=1S/C19H20N2O3/c1-24-16-9-7-14(8-10-16)11-12-21-18(22)13-17(19(21)23)20-15-5-3-2-4-6-15/h2-10,17,20H,11-13H2,1H3. The predicted octanol–water partition coefficient (Wildman–Crippen LogP) is 2.48. The van der Waals surface area contributed by atoms with Gasteiger partial charge in [-0.05, 0) is 36.2 Å². The first-order valence-corrected chi connectivity index (χ1v) is 7.96. The van der Waals surface area contributed by atoms with Crippen LogP contribution in [0.1, 0.15) is 12.0 Å². The molecule has 1 saturated heterocycles. The van der Waals surface area contributed by atoms with Crippen LogP contribution >= 0.6 is 0 Å². The first-order valence-electron chi connectivity index (χ1n) is 7.96. The first kappa shape index (κ1) is 16.1. The van der Waals surface area contributed by atoms with Crippen LogP contribution in [0.15, 0.2) is 54.6 Å². The number of hydrogen-bond acceptors (Lipinski definition) is 4. The molecule has 5 nitrogen and oxygen atoms in total. The van der Waals surface area contributed by atoms with Crippen LogP contribution in [-0.2, 0) is 16.0 Å². The van der Waals surface area contributed by atoms with E-state index in [1.54, 1.807) is 7.11 Å². The third kappa shape index (κ3) is 3.56. The van der Waals surface area contributed by atoms with Crippen molar-refractivity contribution in [2.75, 3.05) is 19.0 Å². The zero-order chi connectivity index (χ0) is 16.9. The van der Waals surface area contributed by atoms with Crippen molar-refractivity contribution in [2.24, 2.45) is 0 Å². The van der Waals surface area contributed by atoms with E-state index in [1.165, 1.54) is 4.90 Å². The van der Waals surface area contributed by atoms with Crippen LogP contribution in [0.25, 0.3) is 0 Å². The molecule has 1 atom stereocenters. The molecule has 2 amide bonds. The number of anilines is 1. The molecule has 0 radical (unpaired) electrons. The van der Waals surface area contributed by atoms with E-state index in [1.807, 2.05) is 54.6 Å². The lowest BCUT2D eigenvalue weighted by atomic mass is 10.1. The average molecular weight is 324 g/mol. The summed E-state index contributed by atoms with van der Waals surface area (Å²) in [5.74, 6) is 0.513. The summed E-state index contributed by atoms with van der Waals surface area (Å²) in [6, 6.07) is 16.6. The Morgan fingerprint density at radius 2 is 1.79 bits per heavy atom. The maximum atomic E-state index is 12.5. The fourth-order valence-corrected chi connectivity index (χ4v) is 2.80. The van der Waals surface area contributed by atoms with Crippen molar-refractivity contribution in [1.29, 1.82) is 0 Å². The Kier molecular flexibility index (Phi) is 4.79. The van der Waals surface area contributed by atoms with Gasteiger partial charge in [0, 0.05) is 12.2 Å². The van der Waals surface area contributed by atoms with Crippen LogP contribution in [0.4, 0.5) is 5.69 Å². The number of nitrogens with one attached hydrogen (secondary N) is 1. The molecule has 1 aliphatic rings. The number of para-hydroxylation sites is 1. The zero-order valence-electron chi connectivity index (χ0n) is 13.6. The summed E-state index contributed by atoms with van der Waals surface area (Å²) >= 11 is 0. The summed E-state index contributed by atoms with van der Waals surface area (Å²) in [7, 11) is 1.62. The lowest BCUT2D eigenvalue weighted by Crippen LogP contribution is -2.36. The number of nitrogens with zero attached hydrogens (tertiary/aromatic N) is 1. The van der Waals surface area contributed by atoms with E-state index >= 15 is 0 Å². The number of carbonyl (C=O) groups is 2. The summed E-state index contributed by atoms with van der Waals surface area (Å²) in [6.07, 6.45) is 0.843. The van der Waals surface area contributed by atoms with Crippen molar-refractivity contribution < 1.29 is 14.3 Å². The van der Waals surface area contributed by atoms with Gasteiger partial charge in [-0.2, -0.15) is 0 Å². The van der Waals surface area contributed by atoms with Gasteiger partial charge < -0.3 is 10.1 Å². The van der Waals surface area contributed by atoms with E-state index < -0.39 is 6.04 Å². The first-order chi connectivity index (χ1) is 11.7. The topological polar surface area (TPSA) is 58.6 Å². The molecule has 0 aliphatic carbocycles. The van der Waals surface area contributed by atoms with Crippen molar-refractivity contribution in [3.63, 3.8) is 0 Å². The molecule has 0 saturated carbocycles. The zero-order valence-corrected chi connectivity index (χ0v) is 13.6. The minimum Gasteiger partial charge on any atom is -0.497 e. The molecule has 24 heavy (non-hydrogen) atoms. The van der Waals surface area contributed by atoms with Crippen molar-refractivity contribution in [3.8, 4) is 5.75 Å². The molecule has 0 aromatic heterocycles. The van der Waals surface area contributed by atoms with Crippen LogP contribution < -0.4 is 10.1 Å². The van der Waals surface area contributed by atoms with Gasteiger partial charge in [0.15, 0.2) is 0 Å². The summed E-state index contributed by atoms with van der Waals surface area (Å²) < 4.78 is 5.12. The van der Waals surface area contributed by atoms with Crippen molar-refractivity contribution in [1.82, 2.24) is 4.90 Å². The minimum absolute atomic E-state index is 0.123. The van der Waals surface area contributed by atoms with Crippen molar-refractivity contribution in [3.05, 3.63) is 60.2 Å². The maximum Gasteiger partial charge on any atom is 0.252 e. The highest BCUT2D eigenvalue weighted by Gasteiger charge is 2.38. The molecule has 3 rings (SSSR count). The highest BCUT2D eigenvalue weighted by molar-refractivity contribution is 6.06. The number of amides is 2. The number of ether oxygens (including phenoxy) is 1. The monoisotopic (exact) mass is 324 g/mol. The number of benzene rings is 2. The largest absolute Gasteiger partial charge is 0.497 e. The molecule has 1 heterocycles. The molecular formula is C19H20N2O3. The van der Waals surface area contributed by atoms with E-state index in [4.69, 9.17) is 4.74 Å². The van der Waals surface area contributed by atoms with Gasteiger partial charge in [0.25, 0.3) is 5.91 Å². The molecule has 5 heteroatoms. The minimum atomic E-state index is -0.476. The van der Waals surface area contributed by atoms with Gasteiger partial charge in [-0.3, -0.25) is 14.5 Å². The summed E-state index contributed by atoms with van der Waals surface area (Å²) in [5, 5.41) is 3.14. The fourth-order valence-electron chi connectivity index (χ4n) is 2.80. The molecule has 0 bridgehead atoms. The van der Waals surface area contributed by atoms with E-state index in [9.17, 15) is 9.59 Å². The van der Waals surface area contributed by atoms with E-state index in [2.05, 4.69) is 5.32 Å². The Hall–Kier alpha value is -2.82. The number of imide groups is 1. The maximum absolute atomic E-state index is 12.5. The van der Waals surface area contributed by atoms with Gasteiger partial charge in [0.05, 0.1) is 13.5 Å². The number of likely N-dealkylation sites (tertiary alicyclic amines) is 1. The average Bonchev–Trinajstić information content (AvgIpc) is 2.88. The second-order valence-corrected chi connectivity index (χ2v) is 5.75. The van der Waals surface area contributed by atoms with E-state index in [0.29, 0.717) is 13.0 Å². The van der Waals surface area contributed by atoms with Gasteiger partial charge >= 0.3 is 0 Å². The van der Waals surface area contributed by atoms with Crippen molar-refractivity contribution in [2.45, 2.75) is 18.9 Å². The Morgan fingerprint density at radius 3 is 2.46 bits per heavy atom. The number of hydrogen-bond donors (Lipinski definition) is 1. The molecule has 1 N–H and O–H groups in total. The van der Waals surface area contributed by atoms with Gasteiger partial charge in [-0.15, -0.1) is 0 Å². The molecule has 1 unspecified atom stereocenters. The SMILES string of the molecule is COc1ccc(CCN2C(=O)CC(Nc3ccccc3)C2=O)cc1. The molecule has 0 spiro atoms. The predicted molar refractivity (Wildman–Crippen MR) is 91.9 cm³/mol. The molecule has 2 aromatic carbocycles. The normalized spacial score (nSPS) is 17.2. The van der Waals surface area contributed by atoms with Crippen LogP contribution in [0.3, 0.4) is 0 Å². The third-order valence-electron chi connectivity index (χ3n) is 4.14. The van der Waals surface area contributed by atoms with Gasteiger partial charge in [-0.25, -0.2) is 0 Å². The highest BCUT2D eigenvalue weighted by atomic mass is 16.5. The Morgan fingerprint density at radius 1 is 1.08 bits per heavy atom. The quantitative estimate of drug-likeness (QED) is 0.829. The third-order valence-corrected chi connectivity index (χ3v) is 4.14. The van der Waals surface area contributed by atoms with E-state index in [0.717, 1.165) is 17.0 Å². The van der Waals surface area contributed by atoms with Crippen LogP contribution in [-0.4, -0.2) is 36.4 Å². The smallest absolute Gasteiger partial charge is 0.252 e. The second kappa shape index (κ2) is 7.17.